The molecule has 0 saturated heterocycles. The lowest BCUT2D eigenvalue weighted by Crippen LogP contribution is -2.18. The highest BCUT2D eigenvalue weighted by Gasteiger charge is 2.11. The molecule has 0 fully saturated rings. The van der Waals surface area contributed by atoms with E-state index in [-0.39, 0.29) is 5.91 Å². The van der Waals surface area contributed by atoms with Crippen LogP contribution >= 0.6 is 11.6 Å². The number of methoxy groups -OCH3 is 1. The Bertz CT molecular complexity index is 461. The standard InChI is InChI=1S/C15H21ClN2O2/c1-3-4-5-6-7-10-17-18-15(19)13-11-12(16)8-9-14(13)20-2/h8-11H,3-7H2,1-2H3,(H,18,19)/b17-10+. The number of benzene rings is 1. The fourth-order valence-electron chi connectivity index (χ4n) is 1.75. The van der Waals surface area contributed by atoms with Crippen LogP contribution in [0.25, 0.3) is 0 Å². The van der Waals surface area contributed by atoms with Crippen molar-refractivity contribution in [2.45, 2.75) is 39.0 Å². The summed E-state index contributed by atoms with van der Waals surface area (Å²) in [5, 5.41) is 4.41. The minimum atomic E-state index is -0.325. The molecule has 1 N–H and O–H groups in total. The number of unbranched alkanes of at least 4 members (excludes halogenated alkanes) is 4. The highest BCUT2D eigenvalue weighted by Crippen LogP contribution is 2.22. The van der Waals surface area contributed by atoms with E-state index in [0.29, 0.717) is 16.3 Å². The molecule has 1 aromatic rings. The number of halogens is 1. The monoisotopic (exact) mass is 296 g/mol. The van der Waals surface area contributed by atoms with Crippen LogP contribution in [0.2, 0.25) is 5.02 Å². The molecule has 20 heavy (non-hydrogen) atoms. The molecule has 1 amide bonds. The van der Waals surface area contributed by atoms with Crippen molar-refractivity contribution >= 4 is 23.7 Å². The lowest BCUT2D eigenvalue weighted by molar-refractivity contribution is 0.0952. The summed E-state index contributed by atoms with van der Waals surface area (Å²) in [6.07, 6.45) is 7.33. The number of rotatable bonds is 8. The van der Waals surface area contributed by atoms with Gasteiger partial charge in [0.05, 0.1) is 12.7 Å². The maximum absolute atomic E-state index is 11.9. The van der Waals surface area contributed by atoms with Crippen molar-refractivity contribution in [2.75, 3.05) is 7.11 Å². The summed E-state index contributed by atoms with van der Waals surface area (Å²) in [6, 6.07) is 4.90. The molecule has 5 heteroatoms. The van der Waals surface area contributed by atoms with E-state index < -0.39 is 0 Å². The molecule has 0 aliphatic heterocycles. The predicted molar refractivity (Wildman–Crippen MR) is 82.7 cm³/mol. The van der Waals surface area contributed by atoms with E-state index in [1.807, 2.05) is 0 Å². The summed E-state index contributed by atoms with van der Waals surface area (Å²) in [4.78, 5) is 11.9. The van der Waals surface area contributed by atoms with Crippen LogP contribution in [-0.4, -0.2) is 19.2 Å². The Morgan fingerprint density at radius 1 is 1.40 bits per heavy atom. The van der Waals surface area contributed by atoms with Gasteiger partial charge in [-0.15, -0.1) is 0 Å². The highest BCUT2D eigenvalue weighted by atomic mass is 35.5. The van der Waals surface area contributed by atoms with E-state index in [4.69, 9.17) is 16.3 Å². The number of nitrogens with zero attached hydrogens (tertiary/aromatic N) is 1. The minimum absolute atomic E-state index is 0.325. The third-order valence-electron chi connectivity index (χ3n) is 2.85. The zero-order chi connectivity index (χ0) is 14.8. The van der Waals surface area contributed by atoms with Crippen LogP contribution in [-0.2, 0) is 0 Å². The van der Waals surface area contributed by atoms with Gasteiger partial charge in [-0.1, -0.05) is 37.8 Å². The van der Waals surface area contributed by atoms with Crippen LogP contribution in [0.4, 0.5) is 0 Å². The Kier molecular flexibility index (Phi) is 7.73. The van der Waals surface area contributed by atoms with Gasteiger partial charge in [-0.25, -0.2) is 5.43 Å². The van der Waals surface area contributed by atoms with Crippen LogP contribution in [0.1, 0.15) is 49.4 Å². The third kappa shape index (κ3) is 5.61. The Morgan fingerprint density at radius 3 is 2.90 bits per heavy atom. The second kappa shape index (κ2) is 9.37. The molecule has 0 atom stereocenters. The molecule has 1 aromatic carbocycles. The van der Waals surface area contributed by atoms with Crippen LogP contribution in [0.15, 0.2) is 23.3 Å². The molecule has 0 spiro atoms. The maximum atomic E-state index is 11.9. The van der Waals surface area contributed by atoms with Gasteiger partial charge < -0.3 is 4.74 Å². The lowest BCUT2D eigenvalue weighted by Gasteiger charge is -2.07. The molecule has 1 rings (SSSR count). The molecule has 0 unspecified atom stereocenters. The van der Waals surface area contributed by atoms with E-state index in [1.54, 1.807) is 24.4 Å². The molecule has 0 bridgehead atoms. The van der Waals surface area contributed by atoms with E-state index in [2.05, 4.69) is 17.5 Å². The average molecular weight is 297 g/mol. The molecule has 0 radical (unpaired) electrons. The molecule has 0 aromatic heterocycles. The van der Waals surface area contributed by atoms with Gasteiger partial charge >= 0.3 is 0 Å². The SMILES string of the molecule is CCCCCC/C=N/NC(=O)c1cc(Cl)ccc1OC. The fraction of sp³-hybridized carbons (Fsp3) is 0.467. The van der Waals surface area contributed by atoms with E-state index in [9.17, 15) is 4.79 Å². The largest absolute Gasteiger partial charge is 0.496 e. The van der Waals surface area contributed by atoms with Crippen molar-refractivity contribution in [3.05, 3.63) is 28.8 Å². The first-order valence-electron chi connectivity index (χ1n) is 6.84. The molecule has 0 aliphatic rings. The van der Waals surface area contributed by atoms with Gasteiger partial charge in [0, 0.05) is 11.2 Å². The first kappa shape index (κ1) is 16.5. The Hall–Kier alpha value is -1.55. The lowest BCUT2D eigenvalue weighted by atomic mass is 10.2. The summed E-state index contributed by atoms with van der Waals surface area (Å²) in [5.74, 6) is 0.152. The number of hydrazone groups is 1. The van der Waals surface area contributed by atoms with Crippen LogP contribution in [0.5, 0.6) is 5.75 Å². The number of amides is 1. The zero-order valence-electron chi connectivity index (χ0n) is 12.0. The summed E-state index contributed by atoms with van der Waals surface area (Å²) < 4.78 is 5.12. The Labute approximate surface area is 125 Å². The van der Waals surface area contributed by atoms with Gasteiger partial charge in [-0.2, -0.15) is 5.10 Å². The van der Waals surface area contributed by atoms with Gasteiger partial charge in [0.2, 0.25) is 0 Å². The summed E-state index contributed by atoms with van der Waals surface area (Å²) in [7, 11) is 1.51. The van der Waals surface area contributed by atoms with E-state index >= 15 is 0 Å². The van der Waals surface area contributed by atoms with Crippen molar-refractivity contribution in [3.8, 4) is 5.75 Å². The Morgan fingerprint density at radius 2 is 2.20 bits per heavy atom. The van der Waals surface area contributed by atoms with Crippen molar-refractivity contribution in [3.63, 3.8) is 0 Å². The molecule has 110 valence electrons. The number of carbonyl (C=O) groups excluding carboxylic acids is 1. The summed E-state index contributed by atoms with van der Waals surface area (Å²) >= 11 is 5.88. The third-order valence-corrected chi connectivity index (χ3v) is 3.09. The molecular weight excluding hydrogens is 276 g/mol. The normalized spacial score (nSPS) is 10.8. The van der Waals surface area contributed by atoms with E-state index in [0.717, 1.165) is 12.8 Å². The molecule has 0 aliphatic carbocycles. The molecule has 4 nitrogen and oxygen atoms in total. The molecule has 0 saturated carbocycles. The van der Waals surface area contributed by atoms with Crippen molar-refractivity contribution < 1.29 is 9.53 Å². The number of nitrogens with one attached hydrogen (secondary N) is 1. The first-order chi connectivity index (χ1) is 9.69. The predicted octanol–water partition coefficient (Wildman–Crippen LogP) is 4.03. The second-order valence-corrected chi connectivity index (χ2v) is 4.88. The smallest absolute Gasteiger partial charge is 0.275 e. The fourth-order valence-corrected chi connectivity index (χ4v) is 1.92. The van der Waals surface area contributed by atoms with Crippen LogP contribution in [0, 0.1) is 0 Å². The van der Waals surface area contributed by atoms with Crippen molar-refractivity contribution in [1.82, 2.24) is 5.43 Å². The van der Waals surface area contributed by atoms with Crippen molar-refractivity contribution in [1.29, 1.82) is 0 Å². The summed E-state index contributed by atoms with van der Waals surface area (Å²) in [6.45, 7) is 2.17. The number of hydrogen-bond donors (Lipinski definition) is 1. The topological polar surface area (TPSA) is 50.7 Å². The summed E-state index contributed by atoms with van der Waals surface area (Å²) in [5.41, 5.74) is 2.86. The number of carbonyl (C=O) groups is 1. The first-order valence-corrected chi connectivity index (χ1v) is 7.22. The average Bonchev–Trinajstić information content (AvgIpc) is 2.46. The number of hydrogen-bond acceptors (Lipinski definition) is 3. The minimum Gasteiger partial charge on any atom is -0.496 e. The van der Waals surface area contributed by atoms with Gasteiger partial charge in [0.25, 0.3) is 5.91 Å². The zero-order valence-corrected chi connectivity index (χ0v) is 12.7. The second-order valence-electron chi connectivity index (χ2n) is 4.45. The molecule has 0 heterocycles. The van der Waals surface area contributed by atoms with Gasteiger partial charge in [-0.05, 0) is 31.0 Å². The van der Waals surface area contributed by atoms with E-state index in [1.165, 1.54) is 26.4 Å². The van der Waals surface area contributed by atoms with Crippen molar-refractivity contribution in [2.24, 2.45) is 5.10 Å². The van der Waals surface area contributed by atoms with Gasteiger partial charge in [0.1, 0.15) is 5.75 Å². The number of ether oxygens (including phenoxy) is 1. The Balaban J connectivity index is 2.46. The van der Waals surface area contributed by atoms with Gasteiger partial charge in [-0.3, -0.25) is 4.79 Å². The van der Waals surface area contributed by atoms with Crippen LogP contribution in [0.3, 0.4) is 0 Å². The van der Waals surface area contributed by atoms with Crippen LogP contribution < -0.4 is 10.2 Å². The van der Waals surface area contributed by atoms with Gasteiger partial charge in [0.15, 0.2) is 0 Å². The molecular formula is C15H21ClN2O2. The maximum Gasteiger partial charge on any atom is 0.275 e. The highest BCUT2D eigenvalue weighted by molar-refractivity contribution is 6.31. The quantitative estimate of drug-likeness (QED) is 0.447.